The lowest BCUT2D eigenvalue weighted by molar-refractivity contribution is -0.274. The summed E-state index contributed by atoms with van der Waals surface area (Å²) in [6, 6.07) is 12.6. The summed E-state index contributed by atoms with van der Waals surface area (Å²) in [7, 11) is 0. The van der Waals surface area contributed by atoms with Gasteiger partial charge in [0.15, 0.2) is 0 Å². The van der Waals surface area contributed by atoms with E-state index >= 15 is 0 Å². The predicted octanol–water partition coefficient (Wildman–Crippen LogP) is 5.73. The molecule has 5 heteroatoms. The quantitative estimate of drug-likeness (QED) is 0.546. The number of morpholine rings is 1. The van der Waals surface area contributed by atoms with Gasteiger partial charge in [-0.2, -0.15) is 0 Å². The van der Waals surface area contributed by atoms with Crippen molar-refractivity contribution in [2.75, 3.05) is 18.4 Å². The molecule has 5 aliphatic heterocycles. The number of fused-ring (bicyclic) bond motifs is 3. The lowest BCUT2D eigenvalue weighted by Crippen LogP contribution is -2.70. The van der Waals surface area contributed by atoms with Gasteiger partial charge in [-0.05, 0) is 93.5 Å². The molecule has 5 fully saturated rings. The van der Waals surface area contributed by atoms with Crippen LogP contribution in [0.4, 0.5) is 5.69 Å². The highest BCUT2D eigenvalue weighted by Crippen LogP contribution is 2.54. The van der Waals surface area contributed by atoms with E-state index in [4.69, 9.17) is 4.74 Å². The third-order valence-electron chi connectivity index (χ3n) is 8.54. The number of amides is 1. The third-order valence-corrected chi connectivity index (χ3v) is 8.54. The number of hydrogen-bond acceptors (Lipinski definition) is 4. The molecule has 5 aliphatic rings. The van der Waals surface area contributed by atoms with Crippen LogP contribution in [-0.2, 0) is 4.74 Å². The number of hydrogen-bond donors (Lipinski definition) is 1. The molecule has 3 aromatic rings. The monoisotopic (exact) mass is 455 g/mol. The van der Waals surface area contributed by atoms with Crippen LogP contribution in [0.3, 0.4) is 0 Å². The summed E-state index contributed by atoms with van der Waals surface area (Å²) < 4.78 is 6.92. The molecule has 5 atom stereocenters. The molecule has 6 heterocycles. The first-order chi connectivity index (χ1) is 16.4. The van der Waals surface area contributed by atoms with E-state index in [1.54, 1.807) is 0 Å². The molecule has 0 aliphatic carbocycles. The van der Waals surface area contributed by atoms with E-state index in [9.17, 15) is 4.79 Å². The first kappa shape index (κ1) is 21.8. The standard InChI is InChI=1S/C29H33N3O2/c1-5-29-16-32-11-9-21(29)15-25(32)27(34-29)22-8-10-30-24-7-6-20(14-23(22)24)28(33)31-26-18(3)12-17(2)13-19(26)4/h6-8,10,12-14,21,25,27H,5,9,11,15-16H2,1-4H3,(H,31,33)/t21?,25?,27-,29?/m0/s1. The molecular weight excluding hydrogens is 422 g/mol. The fourth-order valence-electron chi connectivity index (χ4n) is 6.85. The van der Waals surface area contributed by atoms with Crippen LogP contribution in [-0.4, -0.2) is 40.5 Å². The summed E-state index contributed by atoms with van der Waals surface area (Å²) in [5.41, 5.74) is 6.93. The maximum Gasteiger partial charge on any atom is 0.255 e. The highest BCUT2D eigenvalue weighted by molar-refractivity contribution is 6.07. The Balaban J connectivity index is 1.37. The van der Waals surface area contributed by atoms with Gasteiger partial charge in [-0.25, -0.2) is 0 Å². The Bertz CT molecular complexity index is 1280. The average molecular weight is 456 g/mol. The Hall–Kier alpha value is -2.76. The van der Waals surface area contributed by atoms with E-state index < -0.39 is 0 Å². The van der Waals surface area contributed by atoms with Crippen molar-refractivity contribution in [3.63, 3.8) is 0 Å². The second-order valence-corrected chi connectivity index (χ2v) is 10.6. The lowest BCUT2D eigenvalue weighted by atomic mass is 9.66. The van der Waals surface area contributed by atoms with Crippen LogP contribution < -0.4 is 5.32 Å². The number of carbonyl (C=O) groups excluding carboxylic acids is 1. The van der Waals surface area contributed by atoms with Crippen molar-refractivity contribution in [3.05, 3.63) is 70.4 Å². The molecule has 5 nitrogen and oxygen atoms in total. The number of anilines is 1. The minimum absolute atomic E-state index is 0.0237. The number of rotatable bonds is 4. The average Bonchev–Trinajstić information content (AvgIpc) is 2.85. The molecule has 2 aromatic carbocycles. The zero-order valence-corrected chi connectivity index (χ0v) is 20.5. The summed E-state index contributed by atoms with van der Waals surface area (Å²) >= 11 is 0. The number of nitrogens with zero attached hydrogens (tertiary/aromatic N) is 2. The highest BCUT2D eigenvalue weighted by atomic mass is 16.5. The minimum Gasteiger partial charge on any atom is -0.364 e. The maximum absolute atomic E-state index is 13.3. The Morgan fingerprint density at radius 3 is 2.68 bits per heavy atom. The van der Waals surface area contributed by atoms with Gasteiger partial charge in [0.05, 0.1) is 17.2 Å². The van der Waals surface area contributed by atoms with Gasteiger partial charge < -0.3 is 10.1 Å². The van der Waals surface area contributed by atoms with E-state index in [1.165, 1.54) is 24.9 Å². The molecule has 1 aromatic heterocycles. The highest BCUT2D eigenvalue weighted by Gasteiger charge is 2.58. The number of pyridine rings is 1. The molecule has 176 valence electrons. The fourth-order valence-corrected chi connectivity index (χ4v) is 6.85. The molecule has 5 saturated heterocycles. The number of nitrogens with one attached hydrogen (secondary N) is 1. The molecular formula is C29H33N3O2. The topological polar surface area (TPSA) is 54.5 Å². The van der Waals surface area contributed by atoms with Crippen molar-refractivity contribution in [3.8, 4) is 0 Å². The zero-order chi connectivity index (χ0) is 23.6. The number of carbonyl (C=O) groups is 1. The second-order valence-electron chi connectivity index (χ2n) is 10.6. The third kappa shape index (κ3) is 3.29. The molecule has 4 bridgehead atoms. The van der Waals surface area contributed by atoms with Gasteiger partial charge in [0.25, 0.3) is 5.91 Å². The van der Waals surface area contributed by atoms with E-state index in [-0.39, 0.29) is 17.6 Å². The number of piperidine rings is 3. The zero-order valence-electron chi connectivity index (χ0n) is 20.5. The van der Waals surface area contributed by atoms with Gasteiger partial charge in [-0.1, -0.05) is 24.6 Å². The van der Waals surface area contributed by atoms with Crippen LogP contribution >= 0.6 is 0 Å². The Morgan fingerprint density at radius 1 is 1.18 bits per heavy atom. The lowest BCUT2D eigenvalue weighted by Gasteiger charge is -2.64. The molecule has 0 saturated carbocycles. The first-order valence-electron chi connectivity index (χ1n) is 12.6. The summed E-state index contributed by atoms with van der Waals surface area (Å²) in [4.78, 5) is 20.5. The molecule has 4 unspecified atom stereocenters. The van der Waals surface area contributed by atoms with Crippen LogP contribution in [0.25, 0.3) is 10.9 Å². The van der Waals surface area contributed by atoms with Crippen LogP contribution in [0.5, 0.6) is 0 Å². The van der Waals surface area contributed by atoms with E-state index in [0.717, 1.165) is 46.2 Å². The Kier molecular flexibility index (Phi) is 5.05. The molecule has 1 amide bonds. The largest absolute Gasteiger partial charge is 0.364 e. The van der Waals surface area contributed by atoms with Gasteiger partial charge in [0.2, 0.25) is 0 Å². The summed E-state index contributed by atoms with van der Waals surface area (Å²) in [5.74, 6) is 0.574. The first-order valence-corrected chi connectivity index (χ1v) is 12.6. The maximum atomic E-state index is 13.3. The van der Waals surface area contributed by atoms with Gasteiger partial charge in [-0.3, -0.25) is 14.7 Å². The summed E-state index contributed by atoms with van der Waals surface area (Å²) in [5, 5.41) is 4.17. The SMILES string of the molecule is CCC12CN3CCC1CC3[C@H](c1ccnc3ccc(C(=O)Nc4c(C)cc(C)cc4C)cc13)O2. The number of benzene rings is 2. The smallest absolute Gasteiger partial charge is 0.255 e. The number of ether oxygens (including phenoxy) is 1. The van der Waals surface area contributed by atoms with Gasteiger partial charge in [-0.15, -0.1) is 0 Å². The van der Waals surface area contributed by atoms with Gasteiger partial charge in [0.1, 0.15) is 0 Å². The second kappa shape index (κ2) is 7.89. The van der Waals surface area contributed by atoms with Crippen LogP contribution in [0, 0.1) is 26.7 Å². The van der Waals surface area contributed by atoms with Crippen molar-refractivity contribution >= 4 is 22.5 Å². The van der Waals surface area contributed by atoms with Crippen molar-refractivity contribution in [2.45, 2.75) is 64.7 Å². The van der Waals surface area contributed by atoms with Gasteiger partial charge in [0, 0.05) is 35.4 Å². The normalized spacial score (nSPS) is 29.5. The van der Waals surface area contributed by atoms with Crippen molar-refractivity contribution in [1.29, 1.82) is 0 Å². The van der Waals surface area contributed by atoms with Crippen LogP contribution in [0.1, 0.15) is 64.9 Å². The van der Waals surface area contributed by atoms with E-state index in [0.29, 0.717) is 17.5 Å². The van der Waals surface area contributed by atoms with Crippen LogP contribution in [0.2, 0.25) is 0 Å². The van der Waals surface area contributed by atoms with Crippen molar-refractivity contribution in [1.82, 2.24) is 9.88 Å². The minimum atomic E-state index is -0.0920. The van der Waals surface area contributed by atoms with Crippen molar-refractivity contribution < 1.29 is 9.53 Å². The van der Waals surface area contributed by atoms with Crippen LogP contribution in [0.15, 0.2) is 42.6 Å². The predicted molar refractivity (Wildman–Crippen MR) is 135 cm³/mol. The van der Waals surface area contributed by atoms with Gasteiger partial charge >= 0.3 is 0 Å². The fraction of sp³-hybridized carbons (Fsp3) is 0.448. The van der Waals surface area contributed by atoms with E-state index in [1.807, 2.05) is 38.2 Å². The number of aryl methyl sites for hydroxylation is 3. The van der Waals surface area contributed by atoms with Crippen molar-refractivity contribution in [2.24, 2.45) is 5.92 Å². The number of aromatic nitrogens is 1. The van der Waals surface area contributed by atoms with E-state index in [2.05, 4.69) is 47.2 Å². The molecule has 0 spiro atoms. The summed E-state index contributed by atoms with van der Waals surface area (Å²) in [6.45, 7) is 10.7. The molecule has 34 heavy (non-hydrogen) atoms. The molecule has 8 rings (SSSR count). The summed E-state index contributed by atoms with van der Waals surface area (Å²) in [6.07, 6.45) is 5.40. The Morgan fingerprint density at radius 2 is 1.97 bits per heavy atom. The molecule has 1 N–H and O–H groups in total. The molecule has 0 radical (unpaired) electrons. The Labute approximate surface area is 201 Å².